The molecular weight excluding hydrogens is 367 g/mol. The maximum absolute atomic E-state index is 11.9. The van der Waals surface area contributed by atoms with E-state index in [2.05, 4.69) is 20.7 Å². The number of nitrogens with two attached hydrogens (primary N) is 1. The van der Waals surface area contributed by atoms with Crippen LogP contribution in [0.2, 0.25) is 5.02 Å². The van der Waals surface area contributed by atoms with Gasteiger partial charge in [0.15, 0.2) is 5.75 Å². The van der Waals surface area contributed by atoms with E-state index >= 15 is 0 Å². The van der Waals surface area contributed by atoms with Gasteiger partial charge in [-0.1, -0.05) is 11.6 Å². The molecular formula is C9H13BrCl2N2O3S. The van der Waals surface area contributed by atoms with Gasteiger partial charge in [-0.25, -0.2) is 13.1 Å². The average Bonchev–Trinajstić information content (AvgIpc) is 2.25. The van der Waals surface area contributed by atoms with Crippen molar-refractivity contribution in [3.63, 3.8) is 0 Å². The Labute approximate surface area is 126 Å². The van der Waals surface area contributed by atoms with Gasteiger partial charge in [-0.15, -0.1) is 12.4 Å². The number of methoxy groups -OCH3 is 1. The van der Waals surface area contributed by atoms with E-state index in [0.717, 1.165) is 0 Å². The molecule has 0 spiro atoms. The summed E-state index contributed by atoms with van der Waals surface area (Å²) in [4.78, 5) is -0.0205. The van der Waals surface area contributed by atoms with Gasteiger partial charge < -0.3 is 10.5 Å². The molecule has 0 aliphatic heterocycles. The van der Waals surface area contributed by atoms with Gasteiger partial charge in [0.1, 0.15) is 4.90 Å². The van der Waals surface area contributed by atoms with Crippen molar-refractivity contribution >= 4 is 50.0 Å². The van der Waals surface area contributed by atoms with Crippen LogP contribution in [0.3, 0.4) is 0 Å². The van der Waals surface area contributed by atoms with E-state index < -0.39 is 10.0 Å². The number of benzene rings is 1. The molecule has 18 heavy (non-hydrogen) atoms. The molecule has 0 aliphatic rings. The van der Waals surface area contributed by atoms with Crippen LogP contribution in [0.5, 0.6) is 5.75 Å². The van der Waals surface area contributed by atoms with Crippen molar-refractivity contribution < 1.29 is 13.2 Å². The molecule has 0 unspecified atom stereocenters. The molecule has 0 bridgehead atoms. The number of rotatable bonds is 5. The summed E-state index contributed by atoms with van der Waals surface area (Å²) in [5.41, 5.74) is 5.25. The Morgan fingerprint density at radius 2 is 2.11 bits per heavy atom. The maximum Gasteiger partial charge on any atom is 0.244 e. The van der Waals surface area contributed by atoms with E-state index in [1.54, 1.807) is 6.07 Å². The highest BCUT2D eigenvalue weighted by molar-refractivity contribution is 9.10. The Hall–Kier alpha value is -0.0500. The lowest BCUT2D eigenvalue weighted by Crippen LogP contribution is -2.29. The summed E-state index contributed by atoms with van der Waals surface area (Å²) in [6, 6.07) is 2.88. The van der Waals surface area contributed by atoms with Crippen LogP contribution in [0.25, 0.3) is 0 Å². The van der Waals surface area contributed by atoms with Gasteiger partial charge in [0.05, 0.1) is 11.6 Å². The second kappa shape index (κ2) is 7.52. The van der Waals surface area contributed by atoms with Gasteiger partial charge in [0, 0.05) is 18.1 Å². The average molecular weight is 380 g/mol. The molecule has 0 atom stereocenters. The third kappa shape index (κ3) is 4.25. The van der Waals surface area contributed by atoms with Crippen molar-refractivity contribution in [3.8, 4) is 5.75 Å². The molecule has 3 N–H and O–H groups in total. The lowest BCUT2D eigenvalue weighted by molar-refractivity contribution is 0.399. The van der Waals surface area contributed by atoms with Gasteiger partial charge >= 0.3 is 0 Å². The fourth-order valence-corrected chi connectivity index (χ4v) is 3.64. The van der Waals surface area contributed by atoms with Crippen LogP contribution >= 0.6 is 39.9 Å². The molecule has 0 aliphatic carbocycles. The number of hydrogen-bond acceptors (Lipinski definition) is 4. The van der Waals surface area contributed by atoms with Crippen LogP contribution < -0.4 is 15.2 Å². The molecule has 1 rings (SSSR count). The molecule has 0 amide bonds. The van der Waals surface area contributed by atoms with Crippen LogP contribution in [-0.2, 0) is 10.0 Å². The van der Waals surface area contributed by atoms with Crippen LogP contribution in [0.4, 0.5) is 0 Å². The molecule has 5 nitrogen and oxygen atoms in total. The summed E-state index contributed by atoms with van der Waals surface area (Å²) in [5.74, 6) is 0.207. The molecule has 9 heteroatoms. The zero-order valence-corrected chi connectivity index (χ0v) is 13.4. The predicted octanol–water partition coefficient (Wildman–Crippen LogP) is 1.77. The van der Waals surface area contributed by atoms with Gasteiger partial charge in [-0.3, -0.25) is 0 Å². The molecule has 0 fully saturated rings. The molecule has 1 aromatic carbocycles. The van der Waals surface area contributed by atoms with E-state index in [-0.39, 0.29) is 36.1 Å². The van der Waals surface area contributed by atoms with Crippen molar-refractivity contribution in [1.82, 2.24) is 4.72 Å². The van der Waals surface area contributed by atoms with Gasteiger partial charge in [-0.2, -0.15) is 0 Å². The Balaban J connectivity index is 0.00000289. The van der Waals surface area contributed by atoms with Crippen LogP contribution in [-0.4, -0.2) is 28.6 Å². The minimum atomic E-state index is -3.68. The SMILES string of the molecule is COc1c(Br)cc(Cl)cc1S(=O)(=O)NCCN.Cl. The maximum atomic E-state index is 11.9. The zero-order valence-electron chi connectivity index (χ0n) is 9.44. The van der Waals surface area contributed by atoms with Gasteiger partial charge in [0.25, 0.3) is 0 Å². The van der Waals surface area contributed by atoms with Crippen LogP contribution in [0.15, 0.2) is 21.5 Å². The third-order valence-corrected chi connectivity index (χ3v) is 4.18. The first-order valence-electron chi connectivity index (χ1n) is 4.65. The number of hydrogen-bond donors (Lipinski definition) is 2. The summed E-state index contributed by atoms with van der Waals surface area (Å²) in [6.45, 7) is 0.360. The van der Waals surface area contributed by atoms with Crippen molar-refractivity contribution in [2.75, 3.05) is 20.2 Å². The lowest BCUT2D eigenvalue weighted by Gasteiger charge is -2.12. The highest BCUT2D eigenvalue weighted by Crippen LogP contribution is 2.35. The van der Waals surface area contributed by atoms with Crippen molar-refractivity contribution in [2.45, 2.75) is 4.90 Å². The zero-order chi connectivity index (χ0) is 13.1. The lowest BCUT2D eigenvalue weighted by atomic mass is 10.3. The Bertz CT molecular complexity index is 511. The number of nitrogens with one attached hydrogen (secondary N) is 1. The predicted molar refractivity (Wildman–Crippen MR) is 77.2 cm³/mol. The molecule has 0 saturated heterocycles. The first-order chi connectivity index (χ1) is 7.92. The Kier molecular flexibility index (Phi) is 7.50. The van der Waals surface area contributed by atoms with E-state index in [0.29, 0.717) is 9.50 Å². The highest BCUT2D eigenvalue weighted by atomic mass is 79.9. The number of sulfonamides is 1. The van der Waals surface area contributed by atoms with Gasteiger partial charge in [0.2, 0.25) is 10.0 Å². The monoisotopic (exact) mass is 378 g/mol. The summed E-state index contributed by atoms with van der Waals surface area (Å²) < 4.78 is 31.8. The van der Waals surface area contributed by atoms with E-state index in [1.807, 2.05) is 0 Å². The largest absolute Gasteiger partial charge is 0.494 e. The second-order valence-corrected chi connectivity index (χ2v) is 6.13. The standard InChI is InChI=1S/C9H12BrClN2O3S.ClH/c1-16-9-7(10)4-6(11)5-8(9)17(14,15)13-3-2-12;/h4-5,13H,2-3,12H2,1H3;1H. The number of halogens is 3. The molecule has 0 radical (unpaired) electrons. The summed E-state index contributed by atoms with van der Waals surface area (Å²) >= 11 is 9.01. The summed E-state index contributed by atoms with van der Waals surface area (Å²) in [5, 5.41) is 0.297. The van der Waals surface area contributed by atoms with Crippen molar-refractivity contribution in [1.29, 1.82) is 0 Å². The normalized spacial score (nSPS) is 10.9. The topological polar surface area (TPSA) is 81.4 Å². The fraction of sp³-hybridized carbons (Fsp3) is 0.333. The van der Waals surface area contributed by atoms with E-state index in [4.69, 9.17) is 22.1 Å². The first-order valence-corrected chi connectivity index (χ1v) is 7.30. The minimum Gasteiger partial charge on any atom is -0.494 e. The third-order valence-electron chi connectivity index (χ3n) is 1.90. The second-order valence-electron chi connectivity index (χ2n) is 3.11. The quantitative estimate of drug-likeness (QED) is 0.816. The molecule has 0 aromatic heterocycles. The number of ether oxygens (including phenoxy) is 1. The molecule has 0 saturated carbocycles. The van der Waals surface area contributed by atoms with Crippen molar-refractivity contribution in [3.05, 3.63) is 21.6 Å². The summed E-state index contributed by atoms with van der Waals surface area (Å²) in [6.07, 6.45) is 0. The van der Waals surface area contributed by atoms with E-state index in [9.17, 15) is 8.42 Å². The molecule has 104 valence electrons. The Morgan fingerprint density at radius 3 is 2.61 bits per heavy atom. The first kappa shape index (κ1) is 17.9. The summed E-state index contributed by atoms with van der Waals surface area (Å²) in [7, 11) is -2.29. The van der Waals surface area contributed by atoms with Crippen molar-refractivity contribution in [2.24, 2.45) is 5.73 Å². The molecule has 1 aromatic rings. The van der Waals surface area contributed by atoms with Gasteiger partial charge in [-0.05, 0) is 28.1 Å². The van der Waals surface area contributed by atoms with Crippen LogP contribution in [0.1, 0.15) is 0 Å². The molecule has 0 heterocycles. The Morgan fingerprint density at radius 1 is 1.50 bits per heavy atom. The van der Waals surface area contributed by atoms with E-state index in [1.165, 1.54) is 13.2 Å². The van der Waals surface area contributed by atoms with Crippen LogP contribution in [0, 0.1) is 0 Å². The smallest absolute Gasteiger partial charge is 0.244 e. The minimum absolute atomic E-state index is 0. The highest BCUT2D eigenvalue weighted by Gasteiger charge is 2.21. The fourth-order valence-electron chi connectivity index (χ4n) is 1.21.